The fourth-order valence-electron chi connectivity index (χ4n) is 2.48. The maximum Gasteiger partial charge on any atom is 0.00940 e. The molecule has 0 bridgehead atoms. The summed E-state index contributed by atoms with van der Waals surface area (Å²) in [5, 5.41) is 4.51. The minimum atomic E-state index is 0.756. The highest BCUT2D eigenvalue weighted by molar-refractivity contribution is 7.99. The topological polar surface area (TPSA) is 15.3 Å². The third-order valence-electron chi connectivity index (χ3n) is 3.81. The second-order valence-corrected chi connectivity index (χ2v) is 6.26. The first kappa shape index (κ1) is 14.3. The Morgan fingerprint density at radius 1 is 1.50 bits per heavy atom. The van der Waals surface area contributed by atoms with Gasteiger partial charge in [-0.1, -0.05) is 13.8 Å². The molecule has 0 aromatic carbocycles. The average molecular weight is 244 g/mol. The van der Waals surface area contributed by atoms with Crippen LogP contribution in [0.1, 0.15) is 40.0 Å². The Hall–Kier alpha value is 0.270. The van der Waals surface area contributed by atoms with Crippen molar-refractivity contribution >= 4 is 11.8 Å². The largest absolute Gasteiger partial charge is 0.314 e. The van der Waals surface area contributed by atoms with Crippen LogP contribution in [0, 0.1) is 0 Å². The van der Waals surface area contributed by atoms with Crippen molar-refractivity contribution in [3.8, 4) is 0 Å². The molecule has 0 spiro atoms. The van der Waals surface area contributed by atoms with Crippen molar-refractivity contribution in [3.63, 3.8) is 0 Å². The van der Waals surface area contributed by atoms with Crippen molar-refractivity contribution in [2.24, 2.45) is 0 Å². The number of nitrogens with one attached hydrogen (secondary N) is 1. The quantitative estimate of drug-likeness (QED) is 0.773. The normalized spacial score (nSPS) is 29.2. The van der Waals surface area contributed by atoms with Gasteiger partial charge in [0.25, 0.3) is 0 Å². The van der Waals surface area contributed by atoms with Gasteiger partial charge in [0.05, 0.1) is 0 Å². The van der Waals surface area contributed by atoms with Crippen molar-refractivity contribution in [1.82, 2.24) is 10.2 Å². The SMILES string of the molecule is CCN1CCC(NCCC(C)SC)CC1C. The third-order valence-corrected chi connectivity index (χ3v) is 4.85. The van der Waals surface area contributed by atoms with Gasteiger partial charge in [0.15, 0.2) is 0 Å². The molecule has 0 radical (unpaired) electrons. The Morgan fingerprint density at radius 2 is 2.25 bits per heavy atom. The number of hydrogen-bond acceptors (Lipinski definition) is 3. The lowest BCUT2D eigenvalue weighted by molar-refractivity contribution is 0.143. The minimum Gasteiger partial charge on any atom is -0.314 e. The van der Waals surface area contributed by atoms with Gasteiger partial charge < -0.3 is 10.2 Å². The van der Waals surface area contributed by atoms with Gasteiger partial charge >= 0.3 is 0 Å². The van der Waals surface area contributed by atoms with Crippen molar-refractivity contribution in [2.75, 3.05) is 25.9 Å². The fourth-order valence-corrected chi connectivity index (χ4v) is 2.84. The molecule has 0 amide bonds. The zero-order valence-corrected chi connectivity index (χ0v) is 12.1. The van der Waals surface area contributed by atoms with E-state index < -0.39 is 0 Å². The molecule has 0 aromatic rings. The molecule has 3 unspecified atom stereocenters. The lowest BCUT2D eigenvalue weighted by Gasteiger charge is -2.37. The van der Waals surface area contributed by atoms with Gasteiger partial charge in [-0.3, -0.25) is 0 Å². The van der Waals surface area contributed by atoms with E-state index in [1.54, 1.807) is 0 Å². The van der Waals surface area contributed by atoms with E-state index in [0.29, 0.717) is 0 Å². The predicted molar refractivity (Wildman–Crippen MR) is 75.3 cm³/mol. The summed E-state index contributed by atoms with van der Waals surface area (Å²) in [6, 6.07) is 1.51. The number of thioether (sulfide) groups is 1. The van der Waals surface area contributed by atoms with Crippen LogP contribution in [0.2, 0.25) is 0 Å². The van der Waals surface area contributed by atoms with E-state index >= 15 is 0 Å². The average Bonchev–Trinajstić information content (AvgIpc) is 2.29. The number of nitrogens with zero attached hydrogens (tertiary/aromatic N) is 1. The molecule has 3 heteroatoms. The van der Waals surface area contributed by atoms with Gasteiger partial charge in [0, 0.05) is 17.3 Å². The van der Waals surface area contributed by atoms with E-state index in [0.717, 1.165) is 17.3 Å². The Kier molecular flexibility index (Phi) is 6.78. The van der Waals surface area contributed by atoms with Crippen molar-refractivity contribution in [1.29, 1.82) is 0 Å². The molecule has 0 saturated carbocycles. The highest BCUT2D eigenvalue weighted by Gasteiger charge is 2.23. The van der Waals surface area contributed by atoms with Crippen LogP contribution in [-0.4, -0.2) is 48.1 Å². The van der Waals surface area contributed by atoms with Gasteiger partial charge in [-0.25, -0.2) is 0 Å². The van der Waals surface area contributed by atoms with Gasteiger partial charge in [0.1, 0.15) is 0 Å². The summed E-state index contributed by atoms with van der Waals surface area (Å²) in [5.74, 6) is 0. The second-order valence-electron chi connectivity index (χ2n) is 4.99. The van der Waals surface area contributed by atoms with E-state index in [4.69, 9.17) is 0 Å². The van der Waals surface area contributed by atoms with Gasteiger partial charge in [0.2, 0.25) is 0 Å². The molecular weight excluding hydrogens is 216 g/mol. The standard InChI is InChI=1S/C13H28N2S/c1-5-15-9-7-13(10-11(15)2)14-8-6-12(3)16-4/h11-14H,5-10H2,1-4H3. The number of piperidine rings is 1. The summed E-state index contributed by atoms with van der Waals surface area (Å²) in [6.07, 6.45) is 6.14. The van der Waals surface area contributed by atoms with E-state index in [1.165, 1.54) is 38.9 Å². The number of rotatable bonds is 6. The molecule has 96 valence electrons. The maximum absolute atomic E-state index is 3.72. The van der Waals surface area contributed by atoms with E-state index in [1.807, 2.05) is 11.8 Å². The Morgan fingerprint density at radius 3 is 2.81 bits per heavy atom. The van der Waals surface area contributed by atoms with Gasteiger partial charge in [-0.15, -0.1) is 0 Å². The lowest BCUT2D eigenvalue weighted by Crippen LogP contribution is -2.47. The first-order valence-corrected chi connectivity index (χ1v) is 7.96. The predicted octanol–water partition coefficient (Wildman–Crippen LogP) is 2.59. The smallest absolute Gasteiger partial charge is 0.00940 e. The molecule has 16 heavy (non-hydrogen) atoms. The fraction of sp³-hybridized carbons (Fsp3) is 1.00. The molecule has 1 saturated heterocycles. The molecule has 1 N–H and O–H groups in total. The summed E-state index contributed by atoms with van der Waals surface area (Å²) in [7, 11) is 0. The highest BCUT2D eigenvalue weighted by Crippen LogP contribution is 2.17. The molecule has 1 heterocycles. The summed E-state index contributed by atoms with van der Waals surface area (Å²) >= 11 is 1.97. The van der Waals surface area contributed by atoms with E-state index in [9.17, 15) is 0 Å². The molecule has 1 aliphatic heterocycles. The molecule has 0 aliphatic carbocycles. The molecule has 1 rings (SSSR count). The van der Waals surface area contributed by atoms with E-state index in [-0.39, 0.29) is 0 Å². The summed E-state index contributed by atoms with van der Waals surface area (Å²) in [6.45, 7) is 10.6. The van der Waals surface area contributed by atoms with Crippen LogP contribution < -0.4 is 5.32 Å². The summed E-state index contributed by atoms with van der Waals surface area (Å²) in [4.78, 5) is 2.59. The molecular formula is C13H28N2S. The number of likely N-dealkylation sites (tertiary alicyclic amines) is 1. The highest BCUT2D eigenvalue weighted by atomic mass is 32.2. The first-order chi connectivity index (χ1) is 7.67. The maximum atomic E-state index is 3.72. The molecule has 2 nitrogen and oxygen atoms in total. The van der Waals surface area contributed by atoms with Crippen molar-refractivity contribution in [3.05, 3.63) is 0 Å². The zero-order chi connectivity index (χ0) is 12.0. The molecule has 1 fully saturated rings. The first-order valence-electron chi connectivity index (χ1n) is 6.67. The third kappa shape index (κ3) is 4.64. The van der Waals surface area contributed by atoms with Crippen LogP contribution >= 0.6 is 11.8 Å². The summed E-state index contributed by atoms with van der Waals surface area (Å²) < 4.78 is 0. The monoisotopic (exact) mass is 244 g/mol. The van der Waals surface area contributed by atoms with Crippen LogP contribution in [-0.2, 0) is 0 Å². The van der Waals surface area contributed by atoms with Crippen LogP contribution in [0.3, 0.4) is 0 Å². The number of hydrogen-bond donors (Lipinski definition) is 1. The van der Waals surface area contributed by atoms with Crippen molar-refractivity contribution < 1.29 is 0 Å². The second kappa shape index (κ2) is 7.57. The molecule has 0 aromatic heterocycles. The molecule has 3 atom stereocenters. The van der Waals surface area contributed by atoms with Gasteiger partial charge in [-0.05, 0) is 52.1 Å². The van der Waals surface area contributed by atoms with Crippen molar-refractivity contribution in [2.45, 2.75) is 57.4 Å². The van der Waals surface area contributed by atoms with Crippen LogP contribution in [0.4, 0.5) is 0 Å². The zero-order valence-electron chi connectivity index (χ0n) is 11.3. The Bertz CT molecular complexity index is 187. The van der Waals surface area contributed by atoms with Gasteiger partial charge in [-0.2, -0.15) is 11.8 Å². The van der Waals surface area contributed by atoms with Crippen LogP contribution in [0.25, 0.3) is 0 Å². The Balaban J connectivity index is 2.15. The lowest BCUT2D eigenvalue weighted by atomic mass is 9.98. The minimum absolute atomic E-state index is 0.756. The van der Waals surface area contributed by atoms with E-state index in [2.05, 4.69) is 37.2 Å². The van der Waals surface area contributed by atoms with Crippen LogP contribution in [0.15, 0.2) is 0 Å². The Labute approximate surface area is 106 Å². The summed E-state index contributed by atoms with van der Waals surface area (Å²) in [5.41, 5.74) is 0. The molecule has 1 aliphatic rings. The van der Waals surface area contributed by atoms with Crippen LogP contribution in [0.5, 0.6) is 0 Å².